The molecule has 5 heteroatoms. The molecule has 1 unspecified atom stereocenters. The standard InChI is InChI=1S/C14H18N2O3/c1-9(2)16-14(17)10(3)19-12-6-5-11(8-15)7-13(12)18-4/h5-7,9-10H,1-4H3,(H,16,17). The summed E-state index contributed by atoms with van der Waals surface area (Å²) in [5.41, 5.74) is 0.475. The van der Waals surface area contributed by atoms with Gasteiger partial charge in [0.25, 0.3) is 5.91 Å². The average molecular weight is 262 g/mol. The lowest BCUT2D eigenvalue weighted by Crippen LogP contribution is -2.40. The van der Waals surface area contributed by atoms with Crippen LogP contribution in [0.2, 0.25) is 0 Å². The van der Waals surface area contributed by atoms with Crippen LogP contribution in [-0.2, 0) is 4.79 Å². The van der Waals surface area contributed by atoms with Gasteiger partial charge in [0.2, 0.25) is 0 Å². The molecule has 1 amide bonds. The second-order valence-electron chi connectivity index (χ2n) is 4.40. The third-order valence-electron chi connectivity index (χ3n) is 2.40. The first kappa shape index (κ1) is 14.8. The van der Waals surface area contributed by atoms with E-state index in [0.29, 0.717) is 17.1 Å². The molecule has 0 fully saturated rings. The number of amides is 1. The fourth-order valence-corrected chi connectivity index (χ4v) is 1.48. The van der Waals surface area contributed by atoms with E-state index >= 15 is 0 Å². The third kappa shape index (κ3) is 4.18. The van der Waals surface area contributed by atoms with Gasteiger partial charge in [-0.1, -0.05) is 0 Å². The number of carbonyl (C=O) groups excluding carboxylic acids is 1. The third-order valence-corrected chi connectivity index (χ3v) is 2.40. The predicted octanol–water partition coefficient (Wildman–Crippen LogP) is 1.86. The quantitative estimate of drug-likeness (QED) is 0.879. The number of rotatable bonds is 5. The van der Waals surface area contributed by atoms with Crippen LogP contribution in [0, 0.1) is 11.3 Å². The number of ether oxygens (including phenoxy) is 2. The summed E-state index contributed by atoms with van der Waals surface area (Å²) in [5, 5.41) is 11.6. The molecule has 0 saturated carbocycles. The van der Waals surface area contributed by atoms with Crippen molar-refractivity contribution in [2.75, 3.05) is 7.11 Å². The topological polar surface area (TPSA) is 71.3 Å². The minimum Gasteiger partial charge on any atom is -0.493 e. The Labute approximate surface area is 113 Å². The molecule has 0 radical (unpaired) electrons. The maximum Gasteiger partial charge on any atom is 0.260 e. The number of nitriles is 1. The number of hydrogen-bond donors (Lipinski definition) is 1. The van der Waals surface area contributed by atoms with Crippen LogP contribution in [0.25, 0.3) is 0 Å². The Balaban J connectivity index is 2.82. The van der Waals surface area contributed by atoms with E-state index in [1.54, 1.807) is 25.1 Å². The van der Waals surface area contributed by atoms with Gasteiger partial charge in [0.1, 0.15) is 0 Å². The van der Waals surface area contributed by atoms with E-state index < -0.39 is 6.10 Å². The highest BCUT2D eigenvalue weighted by atomic mass is 16.5. The van der Waals surface area contributed by atoms with Crippen molar-refractivity contribution < 1.29 is 14.3 Å². The first-order valence-corrected chi connectivity index (χ1v) is 6.03. The van der Waals surface area contributed by atoms with Crippen molar-refractivity contribution in [3.8, 4) is 17.6 Å². The van der Waals surface area contributed by atoms with Crippen molar-refractivity contribution in [2.24, 2.45) is 0 Å². The minimum atomic E-state index is -0.635. The zero-order valence-corrected chi connectivity index (χ0v) is 11.6. The lowest BCUT2D eigenvalue weighted by Gasteiger charge is -2.18. The molecule has 0 saturated heterocycles. The summed E-state index contributed by atoms with van der Waals surface area (Å²) in [6, 6.07) is 6.88. The molecule has 1 atom stereocenters. The molecule has 1 N–H and O–H groups in total. The van der Waals surface area contributed by atoms with E-state index in [1.807, 2.05) is 19.9 Å². The van der Waals surface area contributed by atoms with Crippen LogP contribution in [0.5, 0.6) is 11.5 Å². The molecule has 0 aliphatic rings. The molecule has 102 valence electrons. The molecular weight excluding hydrogens is 244 g/mol. The van der Waals surface area contributed by atoms with Crippen molar-refractivity contribution in [2.45, 2.75) is 32.9 Å². The summed E-state index contributed by atoms with van der Waals surface area (Å²) in [7, 11) is 1.49. The smallest absolute Gasteiger partial charge is 0.260 e. The maximum absolute atomic E-state index is 11.8. The van der Waals surface area contributed by atoms with Crippen molar-refractivity contribution in [1.29, 1.82) is 5.26 Å². The van der Waals surface area contributed by atoms with Crippen LogP contribution in [0.4, 0.5) is 0 Å². The highest BCUT2D eigenvalue weighted by molar-refractivity contribution is 5.81. The number of hydrogen-bond acceptors (Lipinski definition) is 4. The monoisotopic (exact) mass is 262 g/mol. The van der Waals surface area contributed by atoms with E-state index in [0.717, 1.165) is 0 Å². The van der Waals surface area contributed by atoms with Gasteiger partial charge in [-0.15, -0.1) is 0 Å². The fourth-order valence-electron chi connectivity index (χ4n) is 1.48. The first-order chi connectivity index (χ1) is 8.97. The number of methoxy groups -OCH3 is 1. The normalized spacial score (nSPS) is 11.6. The second-order valence-corrected chi connectivity index (χ2v) is 4.40. The highest BCUT2D eigenvalue weighted by Crippen LogP contribution is 2.28. The van der Waals surface area contributed by atoms with Crippen LogP contribution >= 0.6 is 0 Å². The zero-order valence-electron chi connectivity index (χ0n) is 11.6. The van der Waals surface area contributed by atoms with Gasteiger partial charge in [0.15, 0.2) is 17.6 Å². The lowest BCUT2D eigenvalue weighted by atomic mass is 10.2. The van der Waals surface area contributed by atoms with E-state index in [9.17, 15) is 4.79 Å². The van der Waals surface area contributed by atoms with Gasteiger partial charge >= 0.3 is 0 Å². The Kier molecular flexibility index (Phi) is 5.19. The van der Waals surface area contributed by atoms with Crippen molar-refractivity contribution in [3.05, 3.63) is 23.8 Å². The van der Waals surface area contributed by atoms with Gasteiger partial charge in [-0.3, -0.25) is 4.79 Å². The summed E-state index contributed by atoms with van der Waals surface area (Å²) >= 11 is 0. The molecule has 0 aliphatic carbocycles. The summed E-state index contributed by atoms with van der Waals surface area (Å²) in [4.78, 5) is 11.8. The SMILES string of the molecule is COc1cc(C#N)ccc1OC(C)C(=O)NC(C)C. The van der Waals surface area contributed by atoms with E-state index in [2.05, 4.69) is 5.32 Å². The molecule has 5 nitrogen and oxygen atoms in total. The summed E-state index contributed by atoms with van der Waals surface area (Å²) in [6.45, 7) is 5.43. The van der Waals surface area contributed by atoms with Gasteiger partial charge in [0.05, 0.1) is 18.7 Å². The van der Waals surface area contributed by atoms with Crippen molar-refractivity contribution in [3.63, 3.8) is 0 Å². The summed E-state index contributed by atoms with van der Waals surface area (Å²) in [5.74, 6) is 0.678. The Morgan fingerprint density at radius 3 is 2.53 bits per heavy atom. The van der Waals surface area contributed by atoms with Crippen LogP contribution < -0.4 is 14.8 Å². The zero-order chi connectivity index (χ0) is 14.4. The number of benzene rings is 1. The van der Waals surface area contributed by atoms with Gasteiger partial charge in [-0.25, -0.2) is 0 Å². The molecular formula is C14H18N2O3. The average Bonchev–Trinajstić information content (AvgIpc) is 2.38. The van der Waals surface area contributed by atoms with Crippen molar-refractivity contribution >= 4 is 5.91 Å². The van der Waals surface area contributed by atoms with Crippen molar-refractivity contribution in [1.82, 2.24) is 5.32 Å². The minimum absolute atomic E-state index is 0.0569. The van der Waals surface area contributed by atoms with Crippen LogP contribution in [0.3, 0.4) is 0 Å². The lowest BCUT2D eigenvalue weighted by molar-refractivity contribution is -0.127. The first-order valence-electron chi connectivity index (χ1n) is 6.03. The molecule has 1 rings (SSSR count). The number of nitrogens with zero attached hydrogens (tertiary/aromatic N) is 1. The molecule has 0 aliphatic heterocycles. The molecule has 0 aromatic heterocycles. The van der Waals surface area contributed by atoms with E-state index in [4.69, 9.17) is 14.7 Å². The fraction of sp³-hybridized carbons (Fsp3) is 0.429. The highest BCUT2D eigenvalue weighted by Gasteiger charge is 2.17. The summed E-state index contributed by atoms with van der Waals surface area (Å²) < 4.78 is 10.7. The van der Waals surface area contributed by atoms with Gasteiger partial charge in [-0.2, -0.15) is 5.26 Å². The molecule has 1 aromatic carbocycles. The largest absolute Gasteiger partial charge is 0.493 e. The Morgan fingerprint density at radius 1 is 1.32 bits per heavy atom. The molecule has 1 aromatic rings. The molecule has 0 bridgehead atoms. The molecule has 19 heavy (non-hydrogen) atoms. The predicted molar refractivity (Wildman–Crippen MR) is 71.1 cm³/mol. The number of nitrogens with one attached hydrogen (secondary N) is 1. The van der Waals surface area contributed by atoms with Crippen LogP contribution in [-0.4, -0.2) is 25.2 Å². The Hall–Kier alpha value is -2.22. The Bertz CT molecular complexity index is 492. The van der Waals surface area contributed by atoms with E-state index in [1.165, 1.54) is 7.11 Å². The number of carbonyl (C=O) groups is 1. The second kappa shape index (κ2) is 6.64. The van der Waals surface area contributed by atoms with Gasteiger partial charge in [-0.05, 0) is 32.9 Å². The summed E-state index contributed by atoms with van der Waals surface area (Å²) in [6.07, 6.45) is -0.635. The van der Waals surface area contributed by atoms with Gasteiger partial charge < -0.3 is 14.8 Å². The van der Waals surface area contributed by atoms with Gasteiger partial charge in [0, 0.05) is 12.1 Å². The van der Waals surface area contributed by atoms with E-state index in [-0.39, 0.29) is 11.9 Å². The Morgan fingerprint density at radius 2 is 2.00 bits per heavy atom. The van der Waals surface area contributed by atoms with Crippen LogP contribution in [0.1, 0.15) is 26.3 Å². The molecule has 0 heterocycles. The molecule has 0 spiro atoms. The maximum atomic E-state index is 11.8. The van der Waals surface area contributed by atoms with Crippen LogP contribution in [0.15, 0.2) is 18.2 Å².